The number of rotatable bonds is 6. The third-order valence-corrected chi connectivity index (χ3v) is 2.94. The van der Waals surface area contributed by atoms with Gasteiger partial charge in [0.25, 0.3) is 0 Å². The number of nitrogens with one attached hydrogen (secondary N) is 2. The van der Waals surface area contributed by atoms with E-state index < -0.39 is 0 Å². The van der Waals surface area contributed by atoms with Gasteiger partial charge in [-0.15, -0.1) is 5.10 Å². The summed E-state index contributed by atoms with van der Waals surface area (Å²) >= 11 is 1.39. The Hall–Kier alpha value is -1.67. The number of anilines is 1. The van der Waals surface area contributed by atoms with Gasteiger partial charge in [0, 0.05) is 19.7 Å². The van der Waals surface area contributed by atoms with E-state index >= 15 is 0 Å². The second kappa shape index (κ2) is 6.48. The Balaban J connectivity index is 2.22. The summed E-state index contributed by atoms with van der Waals surface area (Å²) in [7, 11) is 1.62. The lowest BCUT2D eigenvalue weighted by Gasteiger charge is -2.07. The van der Waals surface area contributed by atoms with Crippen molar-refractivity contribution in [3.05, 3.63) is 17.7 Å². The molecule has 0 bridgehead atoms. The number of hydrogen-bond acceptors (Lipinski definition) is 7. The van der Waals surface area contributed by atoms with E-state index in [1.807, 2.05) is 19.9 Å². The number of hydrogen-bond donors (Lipinski definition) is 2. The van der Waals surface area contributed by atoms with Crippen molar-refractivity contribution in [1.29, 1.82) is 0 Å². The minimum atomic E-state index is 0.375. The molecule has 0 aromatic carbocycles. The van der Waals surface area contributed by atoms with Crippen LogP contribution < -0.4 is 5.32 Å². The fourth-order valence-electron chi connectivity index (χ4n) is 1.45. The molecule has 102 valence electrons. The van der Waals surface area contributed by atoms with E-state index in [1.165, 1.54) is 11.8 Å². The molecule has 0 saturated carbocycles. The molecular weight excluding hydrogens is 264 g/mol. The van der Waals surface area contributed by atoms with Crippen LogP contribution in [-0.2, 0) is 11.3 Å². The molecule has 0 unspecified atom stereocenters. The maximum atomic E-state index is 5.07. The highest BCUT2D eigenvalue weighted by Gasteiger charge is 2.08. The first-order chi connectivity index (χ1) is 9.21. The molecule has 2 heterocycles. The van der Waals surface area contributed by atoms with E-state index in [-0.39, 0.29) is 0 Å². The molecule has 8 heteroatoms. The van der Waals surface area contributed by atoms with Gasteiger partial charge >= 0.3 is 0 Å². The Morgan fingerprint density at radius 3 is 2.84 bits per heavy atom. The molecule has 2 rings (SSSR count). The van der Waals surface area contributed by atoms with Crippen molar-refractivity contribution in [2.45, 2.75) is 30.6 Å². The summed E-state index contributed by atoms with van der Waals surface area (Å²) in [5, 5.41) is 11.5. The molecule has 0 atom stereocenters. The van der Waals surface area contributed by atoms with E-state index in [0.717, 1.165) is 23.2 Å². The van der Waals surface area contributed by atoms with Crippen molar-refractivity contribution in [1.82, 2.24) is 25.1 Å². The lowest BCUT2D eigenvalue weighted by Crippen LogP contribution is -2.05. The molecule has 2 aromatic heterocycles. The average molecular weight is 280 g/mol. The van der Waals surface area contributed by atoms with Crippen molar-refractivity contribution in [3.8, 4) is 0 Å². The van der Waals surface area contributed by atoms with Crippen LogP contribution in [0.4, 0.5) is 5.82 Å². The predicted molar refractivity (Wildman–Crippen MR) is 72.2 cm³/mol. The second-order valence-corrected chi connectivity index (χ2v) is 4.76. The van der Waals surface area contributed by atoms with Crippen LogP contribution in [0.5, 0.6) is 0 Å². The topological polar surface area (TPSA) is 88.6 Å². The highest BCUT2D eigenvalue weighted by Crippen LogP contribution is 2.24. The standard InChI is InChI=1S/C11H16N6OS/c1-4-12-8-5-10(15-9(14-8)6-18-3)19-11-13-7(2)16-17-11/h5H,4,6H2,1-3H3,(H,12,14,15)(H,13,16,17). The normalized spacial score (nSPS) is 10.7. The summed E-state index contributed by atoms with van der Waals surface area (Å²) in [5.74, 6) is 2.19. The number of H-pyrrole nitrogens is 1. The van der Waals surface area contributed by atoms with Gasteiger partial charge in [-0.05, 0) is 25.6 Å². The first kappa shape index (κ1) is 13.8. The Morgan fingerprint density at radius 1 is 1.37 bits per heavy atom. The van der Waals surface area contributed by atoms with Crippen molar-refractivity contribution in [3.63, 3.8) is 0 Å². The zero-order chi connectivity index (χ0) is 13.7. The van der Waals surface area contributed by atoms with Gasteiger partial charge in [-0.25, -0.2) is 15.0 Å². The van der Waals surface area contributed by atoms with Crippen LogP contribution in [0.1, 0.15) is 18.6 Å². The third-order valence-electron chi connectivity index (χ3n) is 2.15. The molecule has 7 nitrogen and oxygen atoms in total. The molecule has 0 radical (unpaired) electrons. The first-order valence-electron chi connectivity index (χ1n) is 5.89. The number of aryl methyl sites for hydroxylation is 1. The summed E-state index contributed by atoms with van der Waals surface area (Å²) in [5.41, 5.74) is 0. The number of ether oxygens (including phenoxy) is 1. The van der Waals surface area contributed by atoms with Gasteiger partial charge in [-0.2, -0.15) is 0 Å². The van der Waals surface area contributed by atoms with E-state index in [4.69, 9.17) is 4.74 Å². The molecule has 0 spiro atoms. The highest BCUT2D eigenvalue weighted by molar-refractivity contribution is 7.99. The molecule has 0 amide bonds. The first-order valence-corrected chi connectivity index (χ1v) is 6.70. The van der Waals surface area contributed by atoms with Gasteiger partial charge in [0.15, 0.2) is 5.82 Å². The SMILES string of the molecule is CCNc1cc(Sc2n[nH]c(C)n2)nc(COC)n1. The predicted octanol–water partition coefficient (Wildman–Crippen LogP) is 1.63. The van der Waals surface area contributed by atoms with Gasteiger partial charge in [0.05, 0.1) is 0 Å². The summed E-state index contributed by atoms with van der Waals surface area (Å²) in [6.45, 7) is 5.05. The highest BCUT2D eigenvalue weighted by atomic mass is 32.2. The molecular formula is C11H16N6OS. The van der Waals surface area contributed by atoms with Gasteiger partial charge in [-0.3, -0.25) is 5.10 Å². The molecule has 0 aliphatic carbocycles. The van der Waals surface area contributed by atoms with Crippen molar-refractivity contribution < 1.29 is 4.74 Å². The molecule has 0 aliphatic heterocycles. The molecule has 2 aromatic rings. The second-order valence-electron chi connectivity index (χ2n) is 3.78. The van der Waals surface area contributed by atoms with Gasteiger partial charge < -0.3 is 10.1 Å². The maximum absolute atomic E-state index is 5.07. The average Bonchev–Trinajstić information content (AvgIpc) is 2.75. The van der Waals surface area contributed by atoms with E-state index in [9.17, 15) is 0 Å². The van der Waals surface area contributed by atoms with E-state index in [0.29, 0.717) is 17.6 Å². The lowest BCUT2D eigenvalue weighted by atomic mass is 10.5. The fraction of sp³-hybridized carbons (Fsp3) is 0.455. The Bertz CT molecular complexity index is 519. The zero-order valence-electron chi connectivity index (χ0n) is 11.1. The van der Waals surface area contributed by atoms with E-state index in [1.54, 1.807) is 7.11 Å². The van der Waals surface area contributed by atoms with Crippen LogP contribution in [0.15, 0.2) is 16.2 Å². The third kappa shape index (κ3) is 3.90. The molecule has 0 fully saturated rings. The minimum Gasteiger partial charge on any atom is -0.377 e. The number of methoxy groups -OCH3 is 1. The zero-order valence-corrected chi connectivity index (χ0v) is 11.9. The summed E-state index contributed by atoms with van der Waals surface area (Å²) in [4.78, 5) is 13.0. The fourth-order valence-corrected chi connectivity index (χ4v) is 2.23. The van der Waals surface area contributed by atoms with Gasteiger partial charge in [0.1, 0.15) is 23.3 Å². The van der Waals surface area contributed by atoms with Crippen LogP contribution in [0, 0.1) is 6.92 Å². The summed E-state index contributed by atoms with van der Waals surface area (Å²) in [6, 6.07) is 1.87. The molecule has 0 aliphatic rings. The molecule has 0 saturated heterocycles. The Morgan fingerprint density at radius 2 is 2.21 bits per heavy atom. The van der Waals surface area contributed by atoms with E-state index in [2.05, 4.69) is 30.5 Å². The molecule has 2 N–H and O–H groups in total. The van der Waals surface area contributed by atoms with Crippen molar-refractivity contribution >= 4 is 17.6 Å². The summed E-state index contributed by atoms with van der Waals surface area (Å²) in [6.07, 6.45) is 0. The number of aromatic nitrogens is 5. The molecule has 19 heavy (non-hydrogen) atoms. The van der Waals surface area contributed by atoms with Crippen LogP contribution in [0.2, 0.25) is 0 Å². The largest absolute Gasteiger partial charge is 0.377 e. The summed E-state index contributed by atoms with van der Waals surface area (Å²) < 4.78 is 5.07. The van der Waals surface area contributed by atoms with Gasteiger partial charge in [0.2, 0.25) is 5.16 Å². The van der Waals surface area contributed by atoms with Crippen LogP contribution in [-0.4, -0.2) is 38.8 Å². The smallest absolute Gasteiger partial charge is 0.214 e. The van der Waals surface area contributed by atoms with Crippen molar-refractivity contribution in [2.75, 3.05) is 19.0 Å². The van der Waals surface area contributed by atoms with Crippen LogP contribution >= 0.6 is 11.8 Å². The Kier molecular flexibility index (Phi) is 4.69. The maximum Gasteiger partial charge on any atom is 0.214 e. The van der Waals surface area contributed by atoms with Crippen LogP contribution in [0.3, 0.4) is 0 Å². The quantitative estimate of drug-likeness (QED) is 0.777. The lowest BCUT2D eigenvalue weighted by molar-refractivity contribution is 0.177. The number of nitrogens with zero attached hydrogens (tertiary/aromatic N) is 4. The Labute approximate surface area is 115 Å². The van der Waals surface area contributed by atoms with Crippen LogP contribution in [0.25, 0.3) is 0 Å². The number of aromatic amines is 1. The minimum absolute atomic E-state index is 0.375. The van der Waals surface area contributed by atoms with Gasteiger partial charge in [-0.1, -0.05) is 0 Å². The monoisotopic (exact) mass is 280 g/mol. The van der Waals surface area contributed by atoms with Crippen molar-refractivity contribution in [2.24, 2.45) is 0 Å².